The Morgan fingerprint density at radius 1 is 0.850 bits per heavy atom. The van der Waals surface area contributed by atoms with Gasteiger partial charge in [0.05, 0.1) is 13.4 Å². The zero-order chi connectivity index (χ0) is 15.9. The van der Waals surface area contributed by atoms with Gasteiger partial charge in [-0.1, -0.05) is 0 Å². The van der Waals surface area contributed by atoms with Crippen LogP contribution in [-0.2, 0) is 14.2 Å². The summed E-state index contributed by atoms with van der Waals surface area (Å²) in [6.07, 6.45) is 0.595. The molecule has 0 heterocycles. The highest BCUT2D eigenvalue weighted by atomic mass is 31.2. The van der Waals surface area contributed by atoms with Crippen LogP contribution >= 0.6 is 7.26 Å². The van der Waals surface area contributed by atoms with Gasteiger partial charge in [-0.2, -0.15) is 8.78 Å². The van der Waals surface area contributed by atoms with Crippen LogP contribution in [0.2, 0.25) is 0 Å². The summed E-state index contributed by atoms with van der Waals surface area (Å²) in [5, 5.41) is 0. The molecule has 0 aromatic carbocycles. The van der Waals surface area contributed by atoms with E-state index >= 15 is 0 Å². The molecule has 0 aliphatic heterocycles. The van der Waals surface area contributed by atoms with Gasteiger partial charge in [-0.3, -0.25) is 0 Å². The van der Waals surface area contributed by atoms with Gasteiger partial charge in [-0.05, 0) is 6.42 Å². The summed E-state index contributed by atoms with van der Waals surface area (Å²) in [7, 11) is 2.65. The van der Waals surface area contributed by atoms with Gasteiger partial charge in [0.25, 0.3) is 0 Å². The maximum Gasteiger partial charge on any atom is 0.310 e. The van der Waals surface area contributed by atoms with Gasteiger partial charge in [0, 0.05) is 34.7 Å². The van der Waals surface area contributed by atoms with E-state index in [4.69, 9.17) is 14.2 Å². The van der Waals surface area contributed by atoms with Crippen LogP contribution in [-0.4, -0.2) is 58.4 Å². The van der Waals surface area contributed by atoms with Crippen LogP contribution in [0.4, 0.5) is 17.6 Å². The lowest BCUT2D eigenvalue weighted by Gasteiger charge is -2.27. The molecule has 0 saturated heterocycles. The van der Waals surface area contributed by atoms with Crippen LogP contribution in [0.15, 0.2) is 0 Å². The highest BCUT2D eigenvalue weighted by molar-refractivity contribution is 7.75. The van der Waals surface area contributed by atoms with Crippen molar-refractivity contribution in [1.82, 2.24) is 0 Å². The van der Waals surface area contributed by atoms with Gasteiger partial charge in [-0.25, -0.2) is 8.78 Å². The highest BCUT2D eigenvalue weighted by Gasteiger charge is 2.52. The summed E-state index contributed by atoms with van der Waals surface area (Å²) >= 11 is 0. The molecule has 0 saturated carbocycles. The molecule has 122 valence electrons. The van der Waals surface area contributed by atoms with Crippen LogP contribution in [0.25, 0.3) is 0 Å². The number of ether oxygens (including phenoxy) is 3. The van der Waals surface area contributed by atoms with E-state index in [9.17, 15) is 17.6 Å². The number of hydrogen-bond donors (Lipinski definition) is 0. The number of hydrogen-bond acceptors (Lipinski definition) is 3. The van der Waals surface area contributed by atoms with Gasteiger partial charge < -0.3 is 14.2 Å². The van der Waals surface area contributed by atoms with Gasteiger partial charge in [0.2, 0.25) is 0 Å². The summed E-state index contributed by atoms with van der Waals surface area (Å²) in [6.45, 7) is 0.245. The van der Waals surface area contributed by atoms with Gasteiger partial charge in [0.1, 0.15) is 0 Å². The first kappa shape index (κ1) is 20.0. The van der Waals surface area contributed by atoms with E-state index in [1.165, 1.54) is 21.3 Å². The first-order valence-corrected chi connectivity index (χ1v) is 8.74. The van der Waals surface area contributed by atoms with E-state index in [2.05, 4.69) is 0 Å². The third-order valence-corrected chi connectivity index (χ3v) is 6.66. The van der Waals surface area contributed by atoms with E-state index < -0.39 is 25.5 Å². The fourth-order valence-electron chi connectivity index (χ4n) is 1.98. The molecule has 0 aliphatic carbocycles. The third-order valence-electron chi connectivity index (χ3n) is 2.97. The van der Waals surface area contributed by atoms with Crippen LogP contribution in [0.5, 0.6) is 0 Å². The second-order valence-electron chi connectivity index (χ2n) is 5.01. The molecule has 0 aromatic rings. The molecule has 0 N–H and O–H groups in total. The Hall–Kier alpha value is 0.0300. The van der Waals surface area contributed by atoms with Crippen molar-refractivity contribution in [1.29, 1.82) is 0 Å². The number of halogens is 4. The SMILES string of the molecule is COC[P+](CCCC(F)(F)C(C)(F)F)(COC)COC. The quantitative estimate of drug-likeness (QED) is 0.426. The molecular formula is C12H24F4O3P+. The number of alkyl halides is 4. The molecule has 0 fully saturated rings. The van der Waals surface area contributed by atoms with E-state index in [1.54, 1.807) is 0 Å². The lowest BCUT2D eigenvalue weighted by molar-refractivity contribution is -0.200. The predicted molar refractivity (Wildman–Crippen MR) is 72.2 cm³/mol. The molecule has 20 heavy (non-hydrogen) atoms. The second-order valence-corrected chi connectivity index (χ2v) is 8.92. The first-order valence-electron chi connectivity index (χ1n) is 6.22. The Kier molecular flexibility index (Phi) is 8.48. The van der Waals surface area contributed by atoms with Crippen molar-refractivity contribution in [3.8, 4) is 0 Å². The van der Waals surface area contributed by atoms with E-state index in [0.29, 0.717) is 25.2 Å². The molecule has 0 atom stereocenters. The summed E-state index contributed by atoms with van der Waals surface area (Å²) in [4.78, 5) is 0. The normalized spacial score (nSPS) is 13.8. The number of methoxy groups -OCH3 is 3. The van der Waals surface area contributed by atoms with Crippen molar-refractivity contribution < 1.29 is 31.8 Å². The van der Waals surface area contributed by atoms with Crippen LogP contribution in [0.3, 0.4) is 0 Å². The molecule has 3 nitrogen and oxygen atoms in total. The lowest BCUT2D eigenvalue weighted by atomic mass is 10.1. The molecule has 0 unspecified atom stereocenters. The second kappa shape index (κ2) is 8.47. The molecule has 0 radical (unpaired) electrons. The molecule has 0 aromatic heterocycles. The molecular weight excluding hydrogens is 299 g/mol. The van der Waals surface area contributed by atoms with Crippen molar-refractivity contribution in [2.45, 2.75) is 31.6 Å². The van der Waals surface area contributed by atoms with Crippen LogP contribution in [0, 0.1) is 0 Å². The molecule has 0 bridgehead atoms. The van der Waals surface area contributed by atoms with Crippen molar-refractivity contribution in [2.75, 3.05) is 46.5 Å². The Labute approximate surface area is 118 Å². The first-order chi connectivity index (χ1) is 9.14. The smallest absolute Gasteiger partial charge is 0.310 e. The van der Waals surface area contributed by atoms with Crippen molar-refractivity contribution in [2.24, 2.45) is 0 Å². The van der Waals surface area contributed by atoms with Crippen molar-refractivity contribution in [3.05, 3.63) is 0 Å². The average molecular weight is 323 g/mol. The Balaban J connectivity index is 4.60. The zero-order valence-corrected chi connectivity index (χ0v) is 13.3. The minimum Gasteiger partial charge on any atom is -0.349 e. The average Bonchev–Trinajstić information content (AvgIpc) is 2.28. The maximum absolute atomic E-state index is 13.2. The Bertz CT molecular complexity index is 255. The van der Waals surface area contributed by atoms with E-state index in [1.807, 2.05) is 0 Å². The minimum atomic E-state index is -4.00. The zero-order valence-electron chi connectivity index (χ0n) is 12.4. The number of rotatable bonds is 11. The lowest BCUT2D eigenvalue weighted by Crippen LogP contribution is -2.37. The Morgan fingerprint density at radius 3 is 1.55 bits per heavy atom. The van der Waals surface area contributed by atoms with E-state index in [-0.39, 0.29) is 13.3 Å². The highest BCUT2D eigenvalue weighted by Crippen LogP contribution is 2.59. The van der Waals surface area contributed by atoms with E-state index in [0.717, 1.165) is 0 Å². The minimum absolute atomic E-state index is 0.0136. The summed E-state index contributed by atoms with van der Waals surface area (Å²) in [6, 6.07) is 0. The summed E-state index contributed by atoms with van der Waals surface area (Å²) < 4.78 is 67.3. The molecule has 0 spiro atoms. The molecule has 0 rings (SSSR count). The summed E-state index contributed by atoms with van der Waals surface area (Å²) in [5.74, 6) is -7.99. The van der Waals surface area contributed by atoms with Gasteiger partial charge >= 0.3 is 11.8 Å². The largest absolute Gasteiger partial charge is 0.349 e. The van der Waals surface area contributed by atoms with Crippen molar-refractivity contribution >= 4 is 7.26 Å². The summed E-state index contributed by atoms with van der Waals surface area (Å²) in [5.41, 5.74) is 0. The topological polar surface area (TPSA) is 27.7 Å². The van der Waals surface area contributed by atoms with Crippen LogP contribution < -0.4 is 0 Å². The predicted octanol–water partition coefficient (Wildman–Crippen LogP) is 3.89. The van der Waals surface area contributed by atoms with Crippen molar-refractivity contribution in [3.63, 3.8) is 0 Å². The van der Waals surface area contributed by atoms with Gasteiger partial charge in [-0.15, -0.1) is 0 Å². The standard InChI is InChI=1S/C12H24F4O3P/c1-11(13,14)12(15,16)6-5-7-20(8-17-2,9-18-3)10-19-4/h5-10H2,1-4H3/q+1. The molecule has 8 heteroatoms. The fraction of sp³-hybridized carbons (Fsp3) is 1.00. The van der Waals surface area contributed by atoms with Gasteiger partial charge in [0.15, 0.2) is 19.0 Å². The Morgan fingerprint density at radius 2 is 1.25 bits per heavy atom. The molecule has 0 aliphatic rings. The fourth-order valence-corrected chi connectivity index (χ4v) is 5.07. The van der Waals surface area contributed by atoms with Crippen LogP contribution in [0.1, 0.15) is 19.8 Å². The monoisotopic (exact) mass is 323 g/mol. The third kappa shape index (κ3) is 6.20. The molecule has 0 amide bonds. The maximum atomic E-state index is 13.2.